The number of hydrogen-bond donors (Lipinski definition) is 1. The second kappa shape index (κ2) is 4.31. The SMILES string of the molecule is O=C(O)C1CCN(C2CS(=O)(=O)c3ccccc32)C1. The van der Waals surface area contributed by atoms with E-state index in [1.54, 1.807) is 12.1 Å². The van der Waals surface area contributed by atoms with Crippen LogP contribution in [0.15, 0.2) is 29.2 Å². The fourth-order valence-corrected chi connectivity index (χ4v) is 4.84. The van der Waals surface area contributed by atoms with Crippen LogP contribution < -0.4 is 0 Å². The molecule has 102 valence electrons. The molecule has 2 aliphatic heterocycles. The lowest BCUT2D eigenvalue weighted by Gasteiger charge is -2.23. The minimum absolute atomic E-state index is 0.0681. The highest BCUT2D eigenvalue weighted by Crippen LogP contribution is 2.39. The van der Waals surface area contributed by atoms with E-state index in [2.05, 4.69) is 0 Å². The van der Waals surface area contributed by atoms with Crippen LogP contribution in [0.2, 0.25) is 0 Å². The average molecular weight is 281 g/mol. The fraction of sp³-hybridized carbons (Fsp3) is 0.462. The standard InChI is InChI=1S/C13H15NO4S/c15-13(16)9-5-6-14(7-9)11-8-19(17,18)12-4-2-1-3-10(11)12/h1-4,9,11H,5-8H2,(H,15,16). The van der Waals surface area contributed by atoms with Crippen LogP contribution in [0.5, 0.6) is 0 Å². The molecule has 0 radical (unpaired) electrons. The molecule has 6 heteroatoms. The smallest absolute Gasteiger partial charge is 0.307 e. The largest absolute Gasteiger partial charge is 0.481 e. The summed E-state index contributed by atoms with van der Waals surface area (Å²) in [7, 11) is -3.22. The molecule has 0 saturated carbocycles. The third kappa shape index (κ3) is 2.04. The molecule has 3 rings (SSSR count). The second-order valence-corrected chi connectivity index (χ2v) is 7.16. The Morgan fingerprint density at radius 1 is 1.32 bits per heavy atom. The lowest BCUT2D eigenvalue weighted by molar-refractivity contribution is -0.141. The summed E-state index contributed by atoms with van der Waals surface area (Å²) < 4.78 is 24.2. The van der Waals surface area contributed by atoms with Gasteiger partial charge in [-0.05, 0) is 24.6 Å². The van der Waals surface area contributed by atoms with Gasteiger partial charge in [0.15, 0.2) is 9.84 Å². The summed E-state index contributed by atoms with van der Waals surface area (Å²) >= 11 is 0. The van der Waals surface area contributed by atoms with Crippen molar-refractivity contribution in [3.8, 4) is 0 Å². The Balaban J connectivity index is 1.91. The van der Waals surface area contributed by atoms with Crippen LogP contribution in [0, 0.1) is 5.92 Å². The maximum absolute atomic E-state index is 12.1. The average Bonchev–Trinajstić information content (AvgIpc) is 2.94. The van der Waals surface area contributed by atoms with Crippen LogP contribution >= 0.6 is 0 Å². The first-order valence-corrected chi connectivity index (χ1v) is 7.93. The minimum Gasteiger partial charge on any atom is -0.481 e. The molecule has 1 aromatic rings. The number of rotatable bonds is 2. The summed E-state index contributed by atoms with van der Waals surface area (Å²) in [6.07, 6.45) is 0.591. The highest BCUT2D eigenvalue weighted by atomic mass is 32.2. The molecule has 1 N–H and O–H groups in total. The third-order valence-electron chi connectivity index (χ3n) is 4.00. The molecule has 5 nitrogen and oxygen atoms in total. The summed E-state index contributed by atoms with van der Waals surface area (Å²) in [6, 6.07) is 6.83. The molecule has 0 aliphatic carbocycles. The van der Waals surface area contributed by atoms with Gasteiger partial charge in [0.1, 0.15) is 0 Å². The zero-order valence-electron chi connectivity index (χ0n) is 10.3. The molecule has 1 saturated heterocycles. The fourth-order valence-electron chi connectivity index (χ4n) is 3.00. The number of aliphatic carboxylic acids is 1. The quantitative estimate of drug-likeness (QED) is 0.872. The van der Waals surface area contributed by atoms with Gasteiger partial charge in [0.2, 0.25) is 0 Å². The molecule has 1 fully saturated rings. The van der Waals surface area contributed by atoms with Gasteiger partial charge in [-0.3, -0.25) is 9.69 Å². The lowest BCUT2D eigenvalue weighted by Crippen LogP contribution is -2.29. The molecule has 2 heterocycles. The number of carboxylic acids is 1. The van der Waals surface area contributed by atoms with E-state index >= 15 is 0 Å². The van der Waals surface area contributed by atoms with Gasteiger partial charge < -0.3 is 5.11 Å². The number of carboxylic acid groups (broad SMARTS) is 1. The van der Waals surface area contributed by atoms with Gasteiger partial charge >= 0.3 is 5.97 Å². The van der Waals surface area contributed by atoms with Crippen LogP contribution in [0.25, 0.3) is 0 Å². The van der Waals surface area contributed by atoms with E-state index in [0.717, 1.165) is 5.56 Å². The molecule has 2 aliphatic rings. The highest BCUT2D eigenvalue weighted by molar-refractivity contribution is 7.91. The first kappa shape index (κ1) is 12.6. The van der Waals surface area contributed by atoms with E-state index in [-0.39, 0.29) is 17.7 Å². The van der Waals surface area contributed by atoms with E-state index in [1.165, 1.54) is 0 Å². The predicted molar refractivity (Wildman–Crippen MR) is 68.6 cm³/mol. The van der Waals surface area contributed by atoms with E-state index in [1.807, 2.05) is 17.0 Å². The zero-order valence-corrected chi connectivity index (χ0v) is 11.1. The van der Waals surface area contributed by atoms with Crippen LogP contribution in [0.3, 0.4) is 0 Å². The normalized spacial score (nSPS) is 29.3. The number of likely N-dealkylation sites (tertiary alicyclic amines) is 1. The van der Waals surface area contributed by atoms with Gasteiger partial charge in [-0.15, -0.1) is 0 Å². The van der Waals surface area contributed by atoms with Crippen LogP contribution in [0.4, 0.5) is 0 Å². The van der Waals surface area contributed by atoms with E-state index in [0.29, 0.717) is 24.4 Å². The number of carbonyl (C=O) groups is 1. The summed E-state index contributed by atoms with van der Waals surface area (Å²) in [5, 5.41) is 9.03. The number of fused-ring (bicyclic) bond motifs is 1. The Kier molecular flexibility index (Phi) is 2.87. The van der Waals surface area contributed by atoms with E-state index < -0.39 is 15.8 Å². The monoisotopic (exact) mass is 281 g/mol. The maximum Gasteiger partial charge on any atom is 0.307 e. The van der Waals surface area contributed by atoms with Crippen molar-refractivity contribution >= 4 is 15.8 Å². The first-order chi connectivity index (χ1) is 8.99. The molecule has 0 amide bonds. The zero-order chi connectivity index (χ0) is 13.6. The third-order valence-corrected chi connectivity index (χ3v) is 5.80. The van der Waals surface area contributed by atoms with Crippen molar-refractivity contribution in [2.45, 2.75) is 17.4 Å². The van der Waals surface area contributed by atoms with Gasteiger partial charge in [0.25, 0.3) is 0 Å². The van der Waals surface area contributed by atoms with Crippen molar-refractivity contribution in [2.24, 2.45) is 5.92 Å². The van der Waals surface area contributed by atoms with E-state index in [9.17, 15) is 13.2 Å². The molecular formula is C13H15NO4S. The molecule has 0 spiro atoms. The molecule has 1 aromatic carbocycles. The molecule has 2 atom stereocenters. The van der Waals surface area contributed by atoms with Crippen molar-refractivity contribution in [3.63, 3.8) is 0 Å². The number of nitrogens with zero attached hydrogens (tertiary/aromatic N) is 1. The second-order valence-electron chi connectivity index (χ2n) is 5.15. The molecule has 0 bridgehead atoms. The van der Waals surface area contributed by atoms with E-state index in [4.69, 9.17) is 5.11 Å². The summed E-state index contributed by atoms with van der Waals surface area (Å²) in [5.74, 6) is -1.11. The maximum atomic E-state index is 12.1. The lowest BCUT2D eigenvalue weighted by atomic mass is 10.1. The Hall–Kier alpha value is -1.40. The van der Waals surface area contributed by atoms with Gasteiger partial charge in [-0.25, -0.2) is 8.42 Å². The number of benzene rings is 1. The molecule has 2 unspecified atom stereocenters. The Morgan fingerprint density at radius 3 is 2.74 bits per heavy atom. The van der Waals surface area contributed by atoms with Crippen molar-refractivity contribution in [2.75, 3.05) is 18.8 Å². The summed E-state index contributed by atoms with van der Waals surface area (Å²) in [5.41, 5.74) is 0.813. The summed E-state index contributed by atoms with van der Waals surface area (Å²) in [6.45, 7) is 1.08. The van der Waals surface area contributed by atoms with Crippen molar-refractivity contribution in [3.05, 3.63) is 29.8 Å². The van der Waals surface area contributed by atoms with Crippen molar-refractivity contribution < 1.29 is 18.3 Å². The first-order valence-electron chi connectivity index (χ1n) is 6.27. The number of sulfone groups is 1. The topological polar surface area (TPSA) is 74.7 Å². The molecule has 0 aromatic heterocycles. The van der Waals surface area contributed by atoms with Crippen LogP contribution in [-0.4, -0.2) is 43.2 Å². The molecular weight excluding hydrogens is 266 g/mol. The van der Waals surface area contributed by atoms with Crippen molar-refractivity contribution in [1.82, 2.24) is 4.90 Å². The Morgan fingerprint density at radius 2 is 2.05 bits per heavy atom. The summed E-state index contributed by atoms with van der Waals surface area (Å²) in [4.78, 5) is 13.4. The predicted octanol–water partition coefficient (Wildman–Crippen LogP) is 0.921. The Labute approximate surface area is 111 Å². The van der Waals surface area contributed by atoms with Crippen LogP contribution in [0.1, 0.15) is 18.0 Å². The van der Waals surface area contributed by atoms with Gasteiger partial charge in [-0.1, -0.05) is 18.2 Å². The number of hydrogen-bond acceptors (Lipinski definition) is 4. The highest BCUT2D eigenvalue weighted by Gasteiger charge is 2.41. The molecule has 19 heavy (non-hydrogen) atoms. The van der Waals surface area contributed by atoms with Crippen molar-refractivity contribution in [1.29, 1.82) is 0 Å². The van der Waals surface area contributed by atoms with Gasteiger partial charge in [0, 0.05) is 6.54 Å². The Bertz CT molecular complexity index is 625. The van der Waals surface area contributed by atoms with Gasteiger partial charge in [0.05, 0.1) is 22.6 Å². The van der Waals surface area contributed by atoms with Crippen LogP contribution in [-0.2, 0) is 14.6 Å². The van der Waals surface area contributed by atoms with Gasteiger partial charge in [-0.2, -0.15) is 0 Å². The minimum atomic E-state index is -3.22.